The zero-order valence-corrected chi connectivity index (χ0v) is 12.9. The van der Waals surface area contributed by atoms with Crippen molar-refractivity contribution in [3.05, 3.63) is 63.6 Å². The molecule has 0 spiro atoms. The second kappa shape index (κ2) is 5.95. The lowest BCUT2D eigenvalue weighted by atomic mass is 9.96. The number of aliphatic hydroxyl groups is 1. The summed E-state index contributed by atoms with van der Waals surface area (Å²) >= 11 is 9.41. The van der Waals surface area contributed by atoms with E-state index in [2.05, 4.69) is 21.2 Å². The fourth-order valence-electron chi connectivity index (χ4n) is 1.80. The van der Waals surface area contributed by atoms with Crippen LogP contribution in [-0.4, -0.2) is 11.7 Å². The summed E-state index contributed by atoms with van der Waals surface area (Å²) in [7, 11) is 0. The van der Waals surface area contributed by atoms with E-state index in [9.17, 15) is 5.11 Å². The summed E-state index contributed by atoms with van der Waals surface area (Å²) in [6, 6.07) is 15.1. The van der Waals surface area contributed by atoms with Gasteiger partial charge in [0.1, 0.15) is 5.60 Å². The Morgan fingerprint density at radius 1 is 1.21 bits per heavy atom. The van der Waals surface area contributed by atoms with Crippen molar-refractivity contribution in [1.82, 2.24) is 0 Å². The van der Waals surface area contributed by atoms with Gasteiger partial charge in [-0.2, -0.15) is 0 Å². The summed E-state index contributed by atoms with van der Waals surface area (Å²) in [6.45, 7) is 2.18. The Morgan fingerprint density at radius 2 is 1.89 bits per heavy atom. The Labute approximate surface area is 126 Å². The Bertz CT molecular complexity index is 557. The summed E-state index contributed by atoms with van der Waals surface area (Å²) in [4.78, 5) is 0. The normalized spacial score (nSPS) is 13.9. The first-order valence-electron chi connectivity index (χ1n) is 5.96. The lowest BCUT2D eigenvalue weighted by Crippen LogP contribution is -2.30. The highest BCUT2D eigenvalue weighted by molar-refractivity contribution is 9.10. The predicted octanol–water partition coefficient (Wildman–Crippen LogP) is 4.42. The first-order chi connectivity index (χ1) is 8.99. The van der Waals surface area contributed by atoms with Crippen molar-refractivity contribution in [2.45, 2.75) is 12.5 Å². The summed E-state index contributed by atoms with van der Waals surface area (Å²) < 4.78 is 0.917. The van der Waals surface area contributed by atoms with Crippen LogP contribution in [-0.2, 0) is 5.60 Å². The van der Waals surface area contributed by atoms with Gasteiger partial charge in [0.15, 0.2) is 0 Å². The molecule has 0 aliphatic heterocycles. The summed E-state index contributed by atoms with van der Waals surface area (Å²) in [5.74, 6) is 0. The Hall–Kier alpha value is -1.03. The van der Waals surface area contributed by atoms with Crippen molar-refractivity contribution in [1.29, 1.82) is 0 Å². The summed E-state index contributed by atoms with van der Waals surface area (Å²) in [5, 5.41) is 14.4. The molecular weight excluding hydrogens is 326 g/mol. The molecule has 1 unspecified atom stereocenters. The molecule has 1 atom stereocenters. The van der Waals surface area contributed by atoms with E-state index in [1.165, 1.54) is 0 Å². The molecule has 0 radical (unpaired) electrons. The van der Waals surface area contributed by atoms with Crippen LogP contribution in [0.3, 0.4) is 0 Å². The molecule has 4 heteroatoms. The Balaban J connectivity index is 2.12. The Kier molecular flexibility index (Phi) is 4.50. The lowest BCUT2D eigenvalue weighted by Gasteiger charge is -2.25. The molecule has 19 heavy (non-hydrogen) atoms. The molecule has 2 aromatic rings. The molecule has 2 nitrogen and oxygen atoms in total. The summed E-state index contributed by atoms with van der Waals surface area (Å²) in [5.41, 5.74) is 0.799. The third-order valence-electron chi connectivity index (χ3n) is 2.95. The van der Waals surface area contributed by atoms with Gasteiger partial charge in [-0.25, -0.2) is 0 Å². The highest BCUT2D eigenvalue weighted by atomic mass is 79.9. The first kappa shape index (κ1) is 14.4. The molecule has 2 N–H and O–H groups in total. The van der Waals surface area contributed by atoms with Crippen molar-refractivity contribution in [3.63, 3.8) is 0 Å². The average Bonchev–Trinajstić information content (AvgIpc) is 2.41. The van der Waals surface area contributed by atoms with Crippen LogP contribution in [0.2, 0.25) is 5.02 Å². The zero-order chi connectivity index (χ0) is 13.9. The van der Waals surface area contributed by atoms with Crippen LogP contribution in [0.1, 0.15) is 12.5 Å². The van der Waals surface area contributed by atoms with Gasteiger partial charge in [-0.15, -0.1) is 0 Å². The van der Waals surface area contributed by atoms with Gasteiger partial charge in [0.05, 0.1) is 5.69 Å². The van der Waals surface area contributed by atoms with E-state index in [0.29, 0.717) is 11.6 Å². The third kappa shape index (κ3) is 3.72. The third-order valence-corrected chi connectivity index (χ3v) is 3.87. The van der Waals surface area contributed by atoms with Crippen molar-refractivity contribution in [2.75, 3.05) is 11.9 Å². The number of hydrogen-bond acceptors (Lipinski definition) is 2. The van der Waals surface area contributed by atoms with Gasteiger partial charge in [-0.3, -0.25) is 0 Å². The highest BCUT2D eigenvalue weighted by Gasteiger charge is 2.22. The van der Waals surface area contributed by atoms with Crippen LogP contribution in [0.25, 0.3) is 0 Å². The smallest absolute Gasteiger partial charge is 0.104 e. The number of benzene rings is 2. The van der Waals surface area contributed by atoms with Crippen LogP contribution < -0.4 is 5.32 Å². The van der Waals surface area contributed by atoms with Gasteiger partial charge in [-0.1, -0.05) is 41.9 Å². The first-order valence-corrected chi connectivity index (χ1v) is 7.13. The van der Waals surface area contributed by atoms with Gasteiger partial charge in [0.2, 0.25) is 0 Å². The van der Waals surface area contributed by atoms with Crippen LogP contribution in [0.5, 0.6) is 0 Å². The van der Waals surface area contributed by atoms with Crippen LogP contribution >= 0.6 is 27.5 Å². The molecule has 0 fully saturated rings. The van der Waals surface area contributed by atoms with Crippen molar-refractivity contribution in [3.8, 4) is 0 Å². The van der Waals surface area contributed by atoms with Gasteiger partial charge < -0.3 is 10.4 Å². The second-order valence-corrected chi connectivity index (χ2v) is 5.91. The van der Waals surface area contributed by atoms with Gasteiger partial charge in [0, 0.05) is 16.0 Å². The van der Waals surface area contributed by atoms with Crippen molar-refractivity contribution >= 4 is 33.2 Å². The van der Waals surface area contributed by atoms with Crippen molar-refractivity contribution in [2.24, 2.45) is 0 Å². The minimum absolute atomic E-state index is 0.399. The fraction of sp³-hybridized carbons (Fsp3) is 0.200. The second-order valence-electron chi connectivity index (χ2n) is 4.62. The van der Waals surface area contributed by atoms with Crippen molar-refractivity contribution < 1.29 is 5.11 Å². The topological polar surface area (TPSA) is 32.3 Å². The summed E-state index contributed by atoms with van der Waals surface area (Å²) in [6.07, 6.45) is 0. The minimum atomic E-state index is -0.941. The molecule has 0 saturated carbocycles. The van der Waals surface area contributed by atoms with Gasteiger partial charge >= 0.3 is 0 Å². The van der Waals surface area contributed by atoms with E-state index in [0.717, 1.165) is 15.7 Å². The van der Waals surface area contributed by atoms with E-state index < -0.39 is 5.60 Å². The fourth-order valence-corrected chi connectivity index (χ4v) is 2.36. The molecule has 0 bridgehead atoms. The van der Waals surface area contributed by atoms with E-state index in [1.54, 1.807) is 6.92 Å². The number of nitrogens with one attached hydrogen (secondary N) is 1. The van der Waals surface area contributed by atoms with Gasteiger partial charge in [-0.05, 0) is 46.6 Å². The SMILES string of the molecule is CC(O)(CNc1cc(Cl)ccc1Br)c1ccccc1. The maximum absolute atomic E-state index is 10.5. The highest BCUT2D eigenvalue weighted by Crippen LogP contribution is 2.28. The molecule has 0 aliphatic rings. The molecular formula is C15H15BrClNO. The van der Waals surface area contributed by atoms with Crippen LogP contribution in [0.4, 0.5) is 5.69 Å². The lowest BCUT2D eigenvalue weighted by molar-refractivity contribution is 0.0715. The minimum Gasteiger partial charge on any atom is -0.384 e. The molecule has 0 amide bonds. The predicted molar refractivity (Wildman–Crippen MR) is 83.7 cm³/mol. The van der Waals surface area contributed by atoms with E-state index in [1.807, 2.05) is 48.5 Å². The molecule has 0 aromatic heterocycles. The number of anilines is 1. The molecule has 0 aliphatic carbocycles. The number of halogens is 2. The largest absolute Gasteiger partial charge is 0.384 e. The van der Waals surface area contributed by atoms with E-state index in [-0.39, 0.29) is 0 Å². The molecule has 0 saturated heterocycles. The van der Waals surface area contributed by atoms with Crippen LogP contribution in [0, 0.1) is 0 Å². The standard InChI is InChI=1S/C15H15BrClNO/c1-15(19,11-5-3-2-4-6-11)10-18-14-9-12(17)7-8-13(14)16/h2-9,18-19H,10H2,1H3. The maximum Gasteiger partial charge on any atom is 0.104 e. The Morgan fingerprint density at radius 3 is 2.58 bits per heavy atom. The average molecular weight is 341 g/mol. The number of rotatable bonds is 4. The van der Waals surface area contributed by atoms with Crippen LogP contribution in [0.15, 0.2) is 53.0 Å². The van der Waals surface area contributed by atoms with Gasteiger partial charge in [0.25, 0.3) is 0 Å². The zero-order valence-electron chi connectivity index (χ0n) is 10.5. The molecule has 100 valence electrons. The quantitative estimate of drug-likeness (QED) is 0.863. The molecule has 0 heterocycles. The maximum atomic E-state index is 10.5. The molecule has 2 aromatic carbocycles. The van der Waals surface area contributed by atoms with E-state index >= 15 is 0 Å². The monoisotopic (exact) mass is 339 g/mol. The van der Waals surface area contributed by atoms with E-state index in [4.69, 9.17) is 11.6 Å². The molecule has 2 rings (SSSR count). The number of hydrogen-bond donors (Lipinski definition) is 2.